The highest BCUT2D eigenvalue weighted by Gasteiger charge is 2.52. The van der Waals surface area contributed by atoms with Crippen molar-refractivity contribution >= 4 is 23.3 Å². The second-order valence-corrected chi connectivity index (χ2v) is 8.04. The first-order valence-electron chi connectivity index (χ1n) is 8.08. The number of nitrogens with zero attached hydrogens (tertiary/aromatic N) is 3. The fourth-order valence-electron chi connectivity index (χ4n) is 3.79. The number of hydrogen-bond acceptors (Lipinski definition) is 4. The minimum Gasteiger partial charge on any atom is -0.335 e. The van der Waals surface area contributed by atoms with Crippen LogP contribution in [0.3, 0.4) is 0 Å². The molecule has 1 aliphatic heterocycles. The molecule has 0 atom stereocenters. The minimum absolute atomic E-state index is 0.0732. The summed E-state index contributed by atoms with van der Waals surface area (Å²) >= 11 is 5.83. The van der Waals surface area contributed by atoms with Gasteiger partial charge in [0.1, 0.15) is 11.8 Å². The number of rotatable bonds is 1. The molecule has 9 heteroatoms. The van der Waals surface area contributed by atoms with Crippen LogP contribution in [0.2, 0.25) is 5.02 Å². The standard InChI is InChI=1S/C18H15ClF3N3O2/c1-16(2)7-17(4-10(5-23)14(16)26)8-25(9-17)15(27)13-12(19)3-11(6-24-13)18(20,21)22/h3-4,6H,7-9H2,1-2H3. The highest BCUT2D eigenvalue weighted by molar-refractivity contribution is 6.33. The molecule has 2 aliphatic rings. The summed E-state index contributed by atoms with van der Waals surface area (Å²) in [6, 6.07) is 2.58. The van der Waals surface area contributed by atoms with E-state index in [0.29, 0.717) is 18.7 Å². The van der Waals surface area contributed by atoms with Crippen LogP contribution in [0, 0.1) is 22.2 Å². The van der Waals surface area contributed by atoms with Crippen LogP contribution >= 0.6 is 11.6 Å². The average Bonchev–Trinajstić information content (AvgIpc) is 2.53. The normalized spacial score (nSPS) is 20.7. The highest BCUT2D eigenvalue weighted by Crippen LogP contribution is 2.48. The zero-order valence-electron chi connectivity index (χ0n) is 14.5. The van der Waals surface area contributed by atoms with Gasteiger partial charge in [0.25, 0.3) is 5.91 Å². The summed E-state index contributed by atoms with van der Waals surface area (Å²) in [6.45, 7) is 3.99. The van der Waals surface area contributed by atoms with Crippen molar-refractivity contribution in [2.75, 3.05) is 13.1 Å². The molecule has 0 N–H and O–H groups in total. The van der Waals surface area contributed by atoms with E-state index in [1.807, 2.05) is 6.07 Å². The summed E-state index contributed by atoms with van der Waals surface area (Å²) in [5.74, 6) is -0.811. The minimum atomic E-state index is -4.60. The Morgan fingerprint density at radius 2 is 2.00 bits per heavy atom. The Morgan fingerprint density at radius 3 is 2.52 bits per heavy atom. The van der Waals surface area contributed by atoms with E-state index in [9.17, 15) is 28.0 Å². The Labute approximate surface area is 158 Å². The van der Waals surface area contributed by atoms with Crippen LogP contribution in [0.1, 0.15) is 36.3 Å². The van der Waals surface area contributed by atoms with E-state index < -0.39 is 28.5 Å². The first kappa shape index (κ1) is 19.4. The SMILES string of the molecule is CC1(C)CC2(C=C(C#N)C1=O)CN(C(=O)c1ncc(C(F)(F)F)cc1Cl)C2. The van der Waals surface area contributed by atoms with Gasteiger partial charge in [-0.2, -0.15) is 18.4 Å². The summed E-state index contributed by atoms with van der Waals surface area (Å²) in [6.07, 6.45) is -1.95. The van der Waals surface area contributed by atoms with E-state index in [2.05, 4.69) is 4.98 Å². The lowest BCUT2D eigenvalue weighted by molar-refractivity contribution is -0.137. The quantitative estimate of drug-likeness (QED) is 0.725. The molecule has 1 saturated heterocycles. The predicted molar refractivity (Wildman–Crippen MR) is 89.7 cm³/mol. The number of hydrogen-bond donors (Lipinski definition) is 0. The number of Topliss-reactive ketones (excluding diaryl/α,β-unsaturated/α-hetero) is 1. The molecule has 5 nitrogen and oxygen atoms in total. The lowest BCUT2D eigenvalue weighted by Crippen LogP contribution is -2.61. The zero-order valence-corrected chi connectivity index (χ0v) is 15.3. The second kappa shape index (κ2) is 6.06. The number of nitriles is 1. The van der Waals surface area contributed by atoms with Crippen LogP contribution in [0.4, 0.5) is 13.2 Å². The summed E-state index contributed by atoms with van der Waals surface area (Å²) < 4.78 is 38.1. The van der Waals surface area contributed by atoms with Crippen molar-refractivity contribution in [1.29, 1.82) is 5.26 Å². The lowest BCUT2D eigenvalue weighted by atomic mass is 9.61. The largest absolute Gasteiger partial charge is 0.417 e. The fourth-order valence-corrected chi connectivity index (χ4v) is 4.04. The van der Waals surface area contributed by atoms with Gasteiger partial charge in [0.2, 0.25) is 0 Å². The number of likely N-dealkylation sites (tertiary alicyclic amines) is 1. The molecule has 1 aromatic rings. The van der Waals surface area contributed by atoms with Crippen molar-refractivity contribution < 1.29 is 22.8 Å². The number of halogens is 4. The number of alkyl halides is 3. The van der Waals surface area contributed by atoms with E-state index in [4.69, 9.17) is 11.6 Å². The van der Waals surface area contributed by atoms with Crippen LogP contribution in [0.25, 0.3) is 0 Å². The summed E-state index contributed by atoms with van der Waals surface area (Å²) in [7, 11) is 0. The summed E-state index contributed by atoms with van der Waals surface area (Å²) in [5.41, 5.74) is -2.44. The van der Waals surface area contributed by atoms with Gasteiger partial charge in [0, 0.05) is 30.1 Å². The molecule has 0 radical (unpaired) electrons. The van der Waals surface area contributed by atoms with Crippen molar-refractivity contribution in [3.63, 3.8) is 0 Å². The molecule has 0 saturated carbocycles. The molecule has 1 spiro atoms. The highest BCUT2D eigenvalue weighted by atomic mass is 35.5. The van der Waals surface area contributed by atoms with Crippen LogP contribution in [0.15, 0.2) is 23.9 Å². The molecule has 3 rings (SSSR count). The summed E-state index contributed by atoms with van der Waals surface area (Å²) in [5, 5.41) is 8.82. The van der Waals surface area contributed by atoms with Crippen LogP contribution in [-0.4, -0.2) is 34.7 Å². The van der Waals surface area contributed by atoms with E-state index in [-0.39, 0.29) is 35.2 Å². The van der Waals surface area contributed by atoms with Crippen molar-refractivity contribution in [2.45, 2.75) is 26.4 Å². The molecule has 1 aromatic heterocycles. The summed E-state index contributed by atoms with van der Waals surface area (Å²) in [4.78, 5) is 29.8. The van der Waals surface area contributed by atoms with Gasteiger partial charge >= 0.3 is 6.18 Å². The maximum atomic E-state index is 12.7. The molecule has 142 valence electrons. The number of amides is 1. The van der Waals surface area contributed by atoms with E-state index >= 15 is 0 Å². The van der Waals surface area contributed by atoms with Gasteiger partial charge < -0.3 is 4.90 Å². The monoisotopic (exact) mass is 397 g/mol. The second-order valence-electron chi connectivity index (χ2n) is 7.64. The first-order chi connectivity index (χ1) is 12.4. The van der Waals surface area contributed by atoms with Gasteiger partial charge in [-0.25, -0.2) is 4.98 Å². The van der Waals surface area contributed by atoms with Crippen molar-refractivity contribution in [1.82, 2.24) is 9.88 Å². The Bertz CT molecular complexity index is 909. The van der Waals surface area contributed by atoms with Crippen molar-refractivity contribution in [2.24, 2.45) is 10.8 Å². The molecule has 27 heavy (non-hydrogen) atoms. The van der Waals surface area contributed by atoms with Crippen molar-refractivity contribution in [3.05, 3.63) is 40.2 Å². The van der Waals surface area contributed by atoms with Crippen LogP contribution in [-0.2, 0) is 11.0 Å². The molecular weight excluding hydrogens is 383 g/mol. The molecule has 1 fully saturated rings. The third kappa shape index (κ3) is 3.32. The van der Waals surface area contributed by atoms with Gasteiger partial charge in [0.15, 0.2) is 5.78 Å². The Balaban J connectivity index is 1.80. The third-order valence-electron chi connectivity index (χ3n) is 4.89. The molecule has 1 amide bonds. The van der Waals surface area contributed by atoms with E-state index in [1.165, 1.54) is 4.90 Å². The Hall–Kier alpha value is -2.40. The molecule has 0 bridgehead atoms. The maximum absolute atomic E-state index is 12.7. The molecular formula is C18H15ClF3N3O2. The Kier molecular flexibility index (Phi) is 4.35. The molecule has 2 heterocycles. The number of allylic oxidation sites excluding steroid dienone is 1. The van der Waals surface area contributed by atoms with E-state index in [0.717, 1.165) is 0 Å². The van der Waals surface area contributed by atoms with Gasteiger partial charge in [-0.1, -0.05) is 31.5 Å². The van der Waals surface area contributed by atoms with Gasteiger partial charge in [-0.3, -0.25) is 9.59 Å². The zero-order chi connectivity index (χ0) is 20.2. The number of aromatic nitrogens is 1. The fraction of sp³-hybridized carbons (Fsp3) is 0.444. The van der Waals surface area contributed by atoms with Gasteiger partial charge in [-0.15, -0.1) is 0 Å². The third-order valence-corrected chi connectivity index (χ3v) is 5.18. The molecule has 1 aliphatic carbocycles. The number of carbonyl (C=O) groups is 2. The van der Waals surface area contributed by atoms with Crippen LogP contribution in [0.5, 0.6) is 0 Å². The van der Waals surface area contributed by atoms with Gasteiger partial charge in [0.05, 0.1) is 16.2 Å². The number of pyridine rings is 1. The first-order valence-corrected chi connectivity index (χ1v) is 8.46. The smallest absolute Gasteiger partial charge is 0.335 e. The van der Waals surface area contributed by atoms with Crippen molar-refractivity contribution in [3.8, 4) is 6.07 Å². The maximum Gasteiger partial charge on any atom is 0.417 e. The molecule has 0 aromatic carbocycles. The topological polar surface area (TPSA) is 74.1 Å². The number of carbonyl (C=O) groups excluding carboxylic acids is 2. The van der Waals surface area contributed by atoms with Gasteiger partial charge in [-0.05, 0) is 12.5 Å². The predicted octanol–water partition coefficient (Wildman–Crippen LogP) is 3.64. The number of ketones is 1. The van der Waals surface area contributed by atoms with Crippen LogP contribution < -0.4 is 0 Å². The lowest BCUT2D eigenvalue weighted by Gasteiger charge is -2.53. The van der Waals surface area contributed by atoms with E-state index in [1.54, 1.807) is 19.9 Å². The Morgan fingerprint density at radius 1 is 1.37 bits per heavy atom. The molecule has 0 unspecified atom stereocenters. The average molecular weight is 398 g/mol.